The summed E-state index contributed by atoms with van der Waals surface area (Å²) in [5.74, 6) is 0.980. The summed E-state index contributed by atoms with van der Waals surface area (Å²) in [6.07, 6.45) is 7.61. The van der Waals surface area contributed by atoms with Gasteiger partial charge in [0.15, 0.2) is 0 Å². The lowest BCUT2D eigenvalue weighted by molar-refractivity contribution is -0.137. The number of nitrogens with zero attached hydrogens (tertiary/aromatic N) is 2. The van der Waals surface area contributed by atoms with E-state index in [1.807, 2.05) is 18.2 Å². The highest BCUT2D eigenvalue weighted by Crippen LogP contribution is 2.28. The minimum atomic E-state index is -0.706. The van der Waals surface area contributed by atoms with Gasteiger partial charge in [0.1, 0.15) is 23.5 Å². The smallest absolute Gasteiger partial charge is 0.303 e. The van der Waals surface area contributed by atoms with Crippen LogP contribution in [0, 0.1) is 0 Å². The van der Waals surface area contributed by atoms with Gasteiger partial charge in [-0.15, -0.1) is 0 Å². The number of carboxylic acids is 1. The van der Waals surface area contributed by atoms with Crippen LogP contribution in [0.15, 0.2) is 67.0 Å². The van der Waals surface area contributed by atoms with Gasteiger partial charge in [0.05, 0.1) is 12.0 Å². The molecule has 8 heteroatoms. The van der Waals surface area contributed by atoms with E-state index < -0.39 is 5.97 Å². The molecular formula is C30H37N5O3. The third kappa shape index (κ3) is 8.59. The van der Waals surface area contributed by atoms with Crippen LogP contribution < -0.4 is 15.4 Å². The summed E-state index contributed by atoms with van der Waals surface area (Å²) >= 11 is 0. The summed E-state index contributed by atoms with van der Waals surface area (Å²) in [4.78, 5) is 22.8. The zero-order chi connectivity index (χ0) is 26.4. The highest BCUT2D eigenvalue weighted by Gasteiger charge is 2.09. The van der Waals surface area contributed by atoms with Gasteiger partial charge in [-0.1, -0.05) is 43.2 Å². The minimum Gasteiger partial charge on any atom is -0.494 e. The maximum Gasteiger partial charge on any atom is 0.303 e. The summed E-state index contributed by atoms with van der Waals surface area (Å²) < 4.78 is 5.90. The lowest BCUT2D eigenvalue weighted by Crippen LogP contribution is -2.18. The molecule has 0 amide bonds. The first kappa shape index (κ1) is 27.1. The molecule has 0 aliphatic carbocycles. The molecule has 2 aromatic heterocycles. The standard InChI is InChI=1S/C30H37N5O3/c36-28(37)11-6-1-2-7-17-31-18-8-20-38-25-14-12-24(13-15-25)27-21-26-29(33-22-34-30(26)35-27)32-19-16-23-9-4-3-5-10-23/h3-5,9-10,12-15,21-22,31H,1-2,6-8,11,16-20H2,(H,36,37)(H2,32,33,34,35). The van der Waals surface area contributed by atoms with E-state index in [2.05, 4.69) is 68.1 Å². The van der Waals surface area contributed by atoms with Crippen molar-refractivity contribution in [3.8, 4) is 17.0 Å². The molecule has 2 aromatic carbocycles. The molecule has 0 aliphatic rings. The average Bonchev–Trinajstić information content (AvgIpc) is 3.38. The second-order valence-corrected chi connectivity index (χ2v) is 9.36. The Morgan fingerprint density at radius 1 is 0.895 bits per heavy atom. The Labute approximate surface area is 223 Å². The number of benzene rings is 2. The summed E-state index contributed by atoms with van der Waals surface area (Å²) in [7, 11) is 0. The predicted octanol–water partition coefficient (Wildman–Crippen LogP) is 5.67. The van der Waals surface area contributed by atoms with E-state index in [1.54, 1.807) is 6.33 Å². The maximum absolute atomic E-state index is 10.5. The Morgan fingerprint density at radius 3 is 2.50 bits per heavy atom. The van der Waals surface area contributed by atoms with Gasteiger partial charge in [-0.3, -0.25) is 4.79 Å². The predicted molar refractivity (Wildman–Crippen MR) is 152 cm³/mol. The fourth-order valence-electron chi connectivity index (χ4n) is 4.33. The van der Waals surface area contributed by atoms with Crippen molar-refractivity contribution in [1.29, 1.82) is 0 Å². The summed E-state index contributed by atoms with van der Waals surface area (Å²) in [5.41, 5.74) is 4.16. The van der Waals surface area contributed by atoms with Crippen molar-refractivity contribution in [3.63, 3.8) is 0 Å². The molecule has 0 saturated heterocycles. The average molecular weight is 516 g/mol. The summed E-state index contributed by atoms with van der Waals surface area (Å²) in [5, 5.41) is 16.5. The maximum atomic E-state index is 10.5. The van der Waals surface area contributed by atoms with E-state index in [1.165, 1.54) is 5.56 Å². The number of aromatic amines is 1. The number of unbranched alkanes of at least 4 members (excludes halogenated alkanes) is 3. The van der Waals surface area contributed by atoms with Crippen molar-refractivity contribution in [3.05, 3.63) is 72.6 Å². The zero-order valence-corrected chi connectivity index (χ0v) is 21.8. The molecule has 0 saturated carbocycles. The quantitative estimate of drug-likeness (QED) is 0.134. The number of aliphatic carboxylic acids is 1. The van der Waals surface area contributed by atoms with Gasteiger partial charge in [0.2, 0.25) is 0 Å². The minimum absolute atomic E-state index is 0.274. The molecule has 4 aromatic rings. The Kier molecular flexibility index (Phi) is 10.5. The first-order valence-corrected chi connectivity index (χ1v) is 13.5. The van der Waals surface area contributed by atoms with Crippen LogP contribution in [0.2, 0.25) is 0 Å². The van der Waals surface area contributed by atoms with Crippen LogP contribution in [-0.2, 0) is 11.2 Å². The number of fused-ring (bicyclic) bond motifs is 1. The lowest BCUT2D eigenvalue weighted by atomic mass is 10.1. The molecule has 4 N–H and O–H groups in total. The number of hydrogen-bond acceptors (Lipinski definition) is 6. The Morgan fingerprint density at radius 2 is 1.68 bits per heavy atom. The Balaban J connectivity index is 1.18. The summed E-state index contributed by atoms with van der Waals surface area (Å²) in [6.45, 7) is 3.32. The molecule has 8 nitrogen and oxygen atoms in total. The molecule has 2 heterocycles. The number of rotatable bonds is 17. The van der Waals surface area contributed by atoms with Crippen LogP contribution in [0.5, 0.6) is 5.75 Å². The van der Waals surface area contributed by atoms with Gasteiger partial charge >= 0.3 is 5.97 Å². The zero-order valence-electron chi connectivity index (χ0n) is 21.8. The number of ether oxygens (including phenoxy) is 1. The fourth-order valence-corrected chi connectivity index (χ4v) is 4.33. The molecule has 0 spiro atoms. The highest BCUT2D eigenvalue weighted by atomic mass is 16.5. The van der Waals surface area contributed by atoms with Gasteiger partial charge in [-0.25, -0.2) is 9.97 Å². The van der Waals surface area contributed by atoms with Gasteiger partial charge in [-0.2, -0.15) is 0 Å². The third-order valence-corrected chi connectivity index (χ3v) is 6.40. The van der Waals surface area contributed by atoms with Crippen molar-refractivity contribution in [1.82, 2.24) is 20.3 Å². The molecular weight excluding hydrogens is 478 g/mol. The normalized spacial score (nSPS) is 11.1. The van der Waals surface area contributed by atoms with Gasteiger partial charge in [0, 0.05) is 18.7 Å². The van der Waals surface area contributed by atoms with Crippen molar-refractivity contribution in [2.45, 2.75) is 44.9 Å². The molecule has 0 aliphatic heterocycles. The number of hydrogen-bond donors (Lipinski definition) is 4. The molecule has 0 atom stereocenters. The second kappa shape index (κ2) is 14.7. The van der Waals surface area contributed by atoms with Gasteiger partial charge in [-0.05, 0) is 80.2 Å². The van der Waals surface area contributed by atoms with Crippen molar-refractivity contribution >= 4 is 22.8 Å². The molecule has 0 fully saturated rings. The number of aromatic nitrogens is 3. The van der Waals surface area contributed by atoms with E-state index in [0.29, 0.717) is 6.61 Å². The van der Waals surface area contributed by atoms with Crippen LogP contribution in [0.1, 0.15) is 44.1 Å². The molecule has 0 bridgehead atoms. The van der Waals surface area contributed by atoms with E-state index in [0.717, 1.165) is 92.0 Å². The van der Waals surface area contributed by atoms with Crippen molar-refractivity contribution in [2.75, 3.05) is 31.6 Å². The summed E-state index contributed by atoms with van der Waals surface area (Å²) in [6, 6.07) is 20.6. The number of carboxylic acid groups (broad SMARTS) is 1. The van der Waals surface area contributed by atoms with Crippen LogP contribution in [0.4, 0.5) is 5.82 Å². The van der Waals surface area contributed by atoms with Crippen LogP contribution >= 0.6 is 0 Å². The number of H-pyrrole nitrogens is 1. The molecule has 0 unspecified atom stereocenters. The monoisotopic (exact) mass is 515 g/mol. The van der Waals surface area contributed by atoms with Gasteiger partial charge < -0.3 is 25.5 Å². The SMILES string of the molecule is O=C(O)CCCCCCNCCCOc1ccc(-c2cc3c(NCCc4ccccc4)ncnc3[nH]2)cc1. The largest absolute Gasteiger partial charge is 0.494 e. The Bertz CT molecular complexity index is 1260. The second-order valence-electron chi connectivity index (χ2n) is 9.36. The lowest BCUT2D eigenvalue weighted by Gasteiger charge is -2.08. The topological polar surface area (TPSA) is 112 Å². The first-order chi connectivity index (χ1) is 18.7. The van der Waals surface area contributed by atoms with Crippen molar-refractivity contribution < 1.29 is 14.6 Å². The van der Waals surface area contributed by atoms with Crippen molar-refractivity contribution in [2.24, 2.45) is 0 Å². The molecule has 200 valence electrons. The van der Waals surface area contributed by atoms with E-state index in [-0.39, 0.29) is 6.42 Å². The Hall–Kier alpha value is -3.91. The first-order valence-electron chi connectivity index (χ1n) is 13.5. The van der Waals surface area contributed by atoms with E-state index in [9.17, 15) is 4.79 Å². The van der Waals surface area contributed by atoms with Crippen LogP contribution in [-0.4, -0.2) is 52.3 Å². The number of carbonyl (C=O) groups is 1. The number of nitrogens with one attached hydrogen (secondary N) is 3. The van der Waals surface area contributed by atoms with Crippen LogP contribution in [0.25, 0.3) is 22.3 Å². The molecule has 38 heavy (non-hydrogen) atoms. The van der Waals surface area contributed by atoms with Gasteiger partial charge in [0.25, 0.3) is 0 Å². The molecule has 4 rings (SSSR count). The van der Waals surface area contributed by atoms with E-state index >= 15 is 0 Å². The third-order valence-electron chi connectivity index (χ3n) is 6.40. The molecule has 0 radical (unpaired) electrons. The number of anilines is 1. The highest BCUT2D eigenvalue weighted by molar-refractivity contribution is 5.91. The fraction of sp³-hybridized carbons (Fsp3) is 0.367. The van der Waals surface area contributed by atoms with Crippen LogP contribution in [0.3, 0.4) is 0 Å². The van der Waals surface area contributed by atoms with E-state index in [4.69, 9.17) is 9.84 Å².